The number of rotatable bonds is 9. The van der Waals surface area contributed by atoms with Gasteiger partial charge in [-0.05, 0) is 91.0 Å². The summed E-state index contributed by atoms with van der Waals surface area (Å²) < 4.78 is 4.85. The van der Waals surface area contributed by atoms with Crippen molar-refractivity contribution >= 4 is 39.7 Å². The number of methoxy groups -OCH3 is 1. The molecule has 2 bridgehead atoms. The molecule has 5 aromatic rings. The first-order valence-corrected chi connectivity index (χ1v) is 20.0. The third kappa shape index (κ3) is 6.25. The average molecular weight is 744 g/mol. The Kier molecular flexibility index (Phi) is 9.46. The zero-order chi connectivity index (χ0) is 38.8. The zero-order valence-corrected chi connectivity index (χ0v) is 33.0. The van der Waals surface area contributed by atoms with Crippen LogP contribution in [-0.4, -0.2) is 73.4 Å². The Morgan fingerprint density at radius 1 is 0.891 bits per heavy atom. The second-order valence-electron chi connectivity index (χ2n) is 16.8. The molecule has 0 radical (unpaired) electrons. The van der Waals surface area contributed by atoms with Gasteiger partial charge in [0.25, 0.3) is 0 Å². The lowest BCUT2D eigenvalue weighted by Gasteiger charge is -2.45. The summed E-state index contributed by atoms with van der Waals surface area (Å²) in [6.45, 7) is 13.0. The number of aromatic amines is 2. The smallest absolute Gasteiger partial charge is 0.407 e. The van der Waals surface area contributed by atoms with Crippen LogP contribution in [0.1, 0.15) is 91.3 Å². The van der Waals surface area contributed by atoms with Gasteiger partial charge in [-0.3, -0.25) is 9.59 Å². The number of likely N-dealkylation sites (tertiary alicyclic amines) is 2. The number of alkyl carbamates (subject to hydrolysis) is 1. The van der Waals surface area contributed by atoms with Crippen molar-refractivity contribution in [2.24, 2.45) is 23.7 Å². The molecule has 0 unspecified atom stereocenters. The molecule has 3 amide bonds. The average Bonchev–Trinajstić information content (AvgIpc) is 4.04. The number of carbonyl (C=O) groups excluding carboxylic acids is 3. The van der Waals surface area contributed by atoms with E-state index in [9.17, 15) is 14.4 Å². The molecule has 0 spiro atoms. The molecule has 1 saturated carbocycles. The number of aromatic nitrogens is 4. The Bertz CT molecular complexity index is 2260. The van der Waals surface area contributed by atoms with Crippen LogP contribution in [0.4, 0.5) is 4.79 Å². The minimum atomic E-state index is -0.690. The predicted molar refractivity (Wildman–Crippen MR) is 214 cm³/mol. The van der Waals surface area contributed by atoms with Crippen LogP contribution in [0.2, 0.25) is 0 Å². The number of hydrogen-bond acceptors (Lipinski definition) is 6. The van der Waals surface area contributed by atoms with E-state index in [0.29, 0.717) is 5.92 Å². The van der Waals surface area contributed by atoms with Gasteiger partial charge in [0.1, 0.15) is 23.2 Å². The number of imidazole rings is 2. The Morgan fingerprint density at radius 2 is 1.64 bits per heavy atom. The second kappa shape index (κ2) is 14.1. The van der Waals surface area contributed by atoms with Crippen molar-refractivity contribution in [2.45, 2.75) is 97.3 Å². The third-order valence-electron chi connectivity index (χ3n) is 13.0. The number of benzene rings is 3. The standard InChI is InChI=1S/C44H53N7O4/c1-24(2)26(5)40(52)50-20-8-9-36(50)39-46-34-19-15-30-21-29(14-18-33(30)38(34)48-39)27-10-12-28(13-11-27)35-23-45-42(47-35)44(6)31-16-17-32(22-31)51(44)41(53)37(25(3)4)49-43(54)55-7/h10-15,18-19,21,23-26,31-32,36-37H,8-9,16-17,20,22H2,1-7H3,(H,45,47)(H,46,48)(H,49,54)/t26-,31-,32+,36-,37-,44-/m0/s1. The van der Waals surface area contributed by atoms with E-state index in [2.05, 4.69) is 90.7 Å². The number of ether oxygens (including phenoxy) is 1. The summed E-state index contributed by atoms with van der Waals surface area (Å²) in [6, 6.07) is 18.6. The SMILES string of the molecule is COC(=O)N[C@H](C(=O)N1[C@@H]2CC[C@@H](C2)[C@@]1(C)c1ncc(-c2ccc(-c3ccc4c(ccc5nc([C@@H]6CCCN6C(=O)[C@@H](C)C(C)C)[nH]c54)c3)cc2)[nH]1)C(C)C. The van der Waals surface area contributed by atoms with Crippen LogP contribution in [0.15, 0.2) is 60.8 Å². The third-order valence-corrected chi connectivity index (χ3v) is 13.0. The van der Waals surface area contributed by atoms with E-state index in [1.165, 1.54) is 7.11 Å². The van der Waals surface area contributed by atoms with Crippen molar-refractivity contribution in [3.63, 3.8) is 0 Å². The predicted octanol–water partition coefficient (Wildman–Crippen LogP) is 8.34. The van der Waals surface area contributed by atoms with Gasteiger partial charge in [-0.25, -0.2) is 14.8 Å². The van der Waals surface area contributed by atoms with Gasteiger partial charge in [-0.15, -0.1) is 0 Å². The summed E-state index contributed by atoms with van der Waals surface area (Å²) in [5.41, 5.74) is 5.42. The van der Waals surface area contributed by atoms with E-state index < -0.39 is 17.7 Å². The van der Waals surface area contributed by atoms with Gasteiger partial charge in [0.2, 0.25) is 11.8 Å². The molecule has 3 fully saturated rings. The highest BCUT2D eigenvalue weighted by Crippen LogP contribution is 2.54. The van der Waals surface area contributed by atoms with Crippen molar-refractivity contribution in [2.75, 3.05) is 13.7 Å². The molecule has 2 aromatic heterocycles. The molecule has 2 saturated heterocycles. The first-order valence-electron chi connectivity index (χ1n) is 20.0. The van der Waals surface area contributed by atoms with Gasteiger partial charge in [-0.1, -0.05) is 77.1 Å². The Hall–Kier alpha value is -5.19. The van der Waals surface area contributed by atoms with Crippen LogP contribution in [0.5, 0.6) is 0 Å². The van der Waals surface area contributed by atoms with E-state index in [0.717, 1.165) is 94.5 Å². The fourth-order valence-electron chi connectivity index (χ4n) is 9.44. The monoisotopic (exact) mass is 743 g/mol. The molecule has 2 aliphatic heterocycles. The topological polar surface area (TPSA) is 136 Å². The van der Waals surface area contributed by atoms with E-state index in [4.69, 9.17) is 14.7 Å². The van der Waals surface area contributed by atoms with Gasteiger partial charge < -0.3 is 29.8 Å². The number of amides is 3. The maximum atomic E-state index is 14.1. The van der Waals surface area contributed by atoms with Crippen molar-refractivity contribution < 1.29 is 19.1 Å². The lowest BCUT2D eigenvalue weighted by Crippen LogP contribution is -2.59. The summed E-state index contributed by atoms with van der Waals surface area (Å²) in [7, 11) is 1.32. The molecular weight excluding hydrogens is 691 g/mol. The number of carbonyl (C=O) groups is 3. The molecule has 288 valence electrons. The van der Waals surface area contributed by atoms with Crippen molar-refractivity contribution in [3.05, 3.63) is 72.4 Å². The quantitative estimate of drug-likeness (QED) is 0.139. The number of fused-ring (bicyclic) bond motifs is 5. The molecule has 55 heavy (non-hydrogen) atoms. The number of H-pyrrole nitrogens is 2. The fourth-order valence-corrected chi connectivity index (χ4v) is 9.44. The van der Waals surface area contributed by atoms with Gasteiger partial charge in [0.15, 0.2) is 0 Å². The summed E-state index contributed by atoms with van der Waals surface area (Å²) in [4.78, 5) is 60.7. The molecule has 11 heteroatoms. The summed E-state index contributed by atoms with van der Waals surface area (Å²) in [5.74, 6) is 2.21. The Balaban J connectivity index is 1.02. The first kappa shape index (κ1) is 36.8. The lowest BCUT2D eigenvalue weighted by molar-refractivity contribution is -0.144. The lowest BCUT2D eigenvalue weighted by atomic mass is 9.83. The van der Waals surface area contributed by atoms with E-state index in [1.54, 1.807) is 0 Å². The maximum Gasteiger partial charge on any atom is 0.407 e. The highest BCUT2D eigenvalue weighted by Gasteiger charge is 2.59. The summed E-state index contributed by atoms with van der Waals surface area (Å²) in [6.07, 6.45) is 6.07. The van der Waals surface area contributed by atoms with Crippen LogP contribution in [-0.2, 0) is 19.9 Å². The highest BCUT2D eigenvalue weighted by molar-refractivity contribution is 6.05. The minimum absolute atomic E-state index is 0.0178. The van der Waals surface area contributed by atoms with Crippen LogP contribution in [0, 0.1) is 23.7 Å². The molecule has 11 nitrogen and oxygen atoms in total. The van der Waals surface area contributed by atoms with Crippen LogP contribution >= 0.6 is 0 Å². The van der Waals surface area contributed by atoms with Crippen molar-refractivity contribution in [1.29, 1.82) is 0 Å². The normalized spacial score (nSPS) is 23.3. The number of nitrogens with one attached hydrogen (secondary N) is 3. The largest absolute Gasteiger partial charge is 0.453 e. The van der Waals surface area contributed by atoms with Crippen molar-refractivity contribution in [3.8, 4) is 22.4 Å². The Morgan fingerprint density at radius 3 is 2.36 bits per heavy atom. The maximum absolute atomic E-state index is 14.1. The fraction of sp³-hybridized carbons (Fsp3) is 0.477. The summed E-state index contributed by atoms with van der Waals surface area (Å²) in [5, 5.41) is 5.01. The van der Waals surface area contributed by atoms with Crippen molar-refractivity contribution in [1.82, 2.24) is 35.1 Å². The minimum Gasteiger partial charge on any atom is -0.453 e. The van der Waals surface area contributed by atoms with Crippen LogP contribution in [0.25, 0.3) is 44.2 Å². The van der Waals surface area contributed by atoms with E-state index >= 15 is 0 Å². The summed E-state index contributed by atoms with van der Waals surface area (Å²) >= 11 is 0. The zero-order valence-electron chi connectivity index (χ0n) is 33.0. The van der Waals surface area contributed by atoms with Crippen LogP contribution < -0.4 is 5.32 Å². The molecule has 1 aliphatic carbocycles. The molecule has 3 aliphatic rings. The molecule has 3 N–H and O–H groups in total. The molecule has 6 atom stereocenters. The van der Waals surface area contributed by atoms with Gasteiger partial charge in [0, 0.05) is 23.9 Å². The number of piperidine rings is 1. The van der Waals surface area contributed by atoms with Gasteiger partial charge in [0.05, 0.1) is 36.1 Å². The second-order valence-corrected chi connectivity index (χ2v) is 16.8. The van der Waals surface area contributed by atoms with E-state index in [1.807, 2.05) is 36.8 Å². The first-order chi connectivity index (χ1) is 26.4. The van der Waals surface area contributed by atoms with Gasteiger partial charge >= 0.3 is 6.09 Å². The molecule has 8 rings (SSSR count). The highest BCUT2D eigenvalue weighted by atomic mass is 16.5. The Labute approximate surface area is 322 Å². The number of hydrogen-bond donors (Lipinski definition) is 3. The molecule has 4 heterocycles. The number of nitrogens with zero attached hydrogens (tertiary/aromatic N) is 4. The molecular formula is C44H53N7O4. The van der Waals surface area contributed by atoms with E-state index in [-0.39, 0.29) is 41.7 Å². The molecule has 3 aromatic carbocycles. The van der Waals surface area contributed by atoms with Gasteiger partial charge in [-0.2, -0.15) is 0 Å². The van der Waals surface area contributed by atoms with Crippen LogP contribution in [0.3, 0.4) is 0 Å².